The van der Waals surface area contributed by atoms with Crippen molar-refractivity contribution in [2.75, 3.05) is 13.7 Å². The van der Waals surface area contributed by atoms with E-state index in [-0.39, 0.29) is 12.0 Å². The molecule has 1 amide bonds. The lowest BCUT2D eigenvalue weighted by molar-refractivity contribution is -0.124. The van der Waals surface area contributed by atoms with Crippen molar-refractivity contribution in [2.24, 2.45) is 0 Å². The summed E-state index contributed by atoms with van der Waals surface area (Å²) in [5.41, 5.74) is 3.35. The SMILES string of the molecule is COc1cc(CNC(=O)CC2OCCc3ccccc32)ccn1. The first-order valence-corrected chi connectivity index (χ1v) is 7.71. The molecule has 0 aliphatic carbocycles. The zero-order valence-electron chi connectivity index (χ0n) is 13.1. The molecule has 5 nitrogen and oxygen atoms in total. The Morgan fingerprint density at radius 2 is 2.26 bits per heavy atom. The summed E-state index contributed by atoms with van der Waals surface area (Å²) in [5, 5.41) is 2.93. The van der Waals surface area contributed by atoms with Crippen LogP contribution in [0, 0.1) is 0 Å². The average Bonchev–Trinajstić information content (AvgIpc) is 2.60. The monoisotopic (exact) mass is 312 g/mol. The van der Waals surface area contributed by atoms with Crippen LogP contribution in [0.4, 0.5) is 0 Å². The third kappa shape index (κ3) is 3.87. The predicted octanol–water partition coefficient (Wildman–Crippen LogP) is 2.41. The van der Waals surface area contributed by atoms with E-state index in [1.54, 1.807) is 13.3 Å². The van der Waals surface area contributed by atoms with E-state index in [0.29, 0.717) is 25.5 Å². The van der Waals surface area contributed by atoms with E-state index < -0.39 is 0 Å². The topological polar surface area (TPSA) is 60.5 Å². The number of nitrogens with one attached hydrogen (secondary N) is 1. The Labute approximate surface area is 135 Å². The Hall–Kier alpha value is -2.40. The van der Waals surface area contributed by atoms with E-state index in [1.165, 1.54) is 5.56 Å². The fourth-order valence-electron chi connectivity index (χ4n) is 2.76. The maximum atomic E-state index is 12.2. The first kappa shape index (κ1) is 15.5. The number of aromatic nitrogens is 1. The minimum atomic E-state index is -0.160. The highest BCUT2D eigenvalue weighted by atomic mass is 16.5. The van der Waals surface area contributed by atoms with Gasteiger partial charge < -0.3 is 14.8 Å². The molecule has 120 valence electrons. The Balaban J connectivity index is 1.58. The zero-order chi connectivity index (χ0) is 16.1. The summed E-state index contributed by atoms with van der Waals surface area (Å²) in [6.07, 6.45) is 2.75. The molecule has 0 saturated carbocycles. The number of ether oxygens (including phenoxy) is 2. The summed E-state index contributed by atoms with van der Waals surface area (Å²) in [6.45, 7) is 1.11. The van der Waals surface area contributed by atoms with Crippen LogP contribution in [0.3, 0.4) is 0 Å². The number of carbonyl (C=O) groups is 1. The van der Waals surface area contributed by atoms with Crippen LogP contribution in [-0.4, -0.2) is 24.6 Å². The maximum Gasteiger partial charge on any atom is 0.223 e. The van der Waals surface area contributed by atoms with Crippen molar-refractivity contribution >= 4 is 5.91 Å². The Kier molecular flexibility index (Phi) is 4.88. The van der Waals surface area contributed by atoms with Crippen molar-refractivity contribution in [3.63, 3.8) is 0 Å². The molecule has 1 aromatic carbocycles. The summed E-state index contributed by atoms with van der Waals surface area (Å²) >= 11 is 0. The second-order valence-corrected chi connectivity index (χ2v) is 5.50. The van der Waals surface area contributed by atoms with Crippen LogP contribution in [-0.2, 0) is 22.5 Å². The number of carbonyl (C=O) groups excluding carboxylic acids is 1. The van der Waals surface area contributed by atoms with Gasteiger partial charge in [-0.15, -0.1) is 0 Å². The highest BCUT2D eigenvalue weighted by Gasteiger charge is 2.22. The van der Waals surface area contributed by atoms with Gasteiger partial charge in [-0.05, 0) is 29.2 Å². The van der Waals surface area contributed by atoms with Crippen LogP contribution in [0.5, 0.6) is 5.88 Å². The molecule has 2 heterocycles. The van der Waals surface area contributed by atoms with Crippen LogP contribution < -0.4 is 10.1 Å². The quantitative estimate of drug-likeness (QED) is 0.921. The van der Waals surface area contributed by atoms with Gasteiger partial charge in [-0.3, -0.25) is 4.79 Å². The van der Waals surface area contributed by atoms with E-state index in [2.05, 4.69) is 16.4 Å². The Morgan fingerprint density at radius 1 is 1.39 bits per heavy atom. The number of amides is 1. The molecule has 3 rings (SSSR count). The summed E-state index contributed by atoms with van der Waals surface area (Å²) in [5.74, 6) is 0.517. The van der Waals surface area contributed by atoms with Crippen LogP contribution in [0.15, 0.2) is 42.6 Å². The Morgan fingerprint density at radius 3 is 3.13 bits per heavy atom. The molecule has 1 aliphatic heterocycles. The van der Waals surface area contributed by atoms with E-state index in [4.69, 9.17) is 9.47 Å². The second kappa shape index (κ2) is 7.24. The molecule has 1 N–H and O–H groups in total. The number of methoxy groups -OCH3 is 1. The highest BCUT2D eigenvalue weighted by molar-refractivity contribution is 5.76. The number of fused-ring (bicyclic) bond motifs is 1. The molecule has 0 radical (unpaired) electrons. The molecule has 0 fully saturated rings. The van der Waals surface area contributed by atoms with Crippen molar-refractivity contribution in [1.29, 1.82) is 0 Å². The summed E-state index contributed by atoms with van der Waals surface area (Å²) in [4.78, 5) is 16.3. The largest absolute Gasteiger partial charge is 0.481 e. The number of benzene rings is 1. The predicted molar refractivity (Wildman–Crippen MR) is 86.1 cm³/mol. The van der Waals surface area contributed by atoms with Crippen molar-refractivity contribution in [2.45, 2.75) is 25.5 Å². The molecule has 0 bridgehead atoms. The molecule has 5 heteroatoms. The molecule has 1 aliphatic rings. The molecule has 2 aromatic rings. The molecule has 23 heavy (non-hydrogen) atoms. The van der Waals surface area contributed by atoms with Gasteiger partial charge in [0.15, 0.2) is 0 Å². The minimum Gasteiger partial charge on any atom is -0.481 e. The number of pyridine rings is 1. The van der Waals surface area contributed by atoms with Crippen LogP contribution in [0.2, 0.25) is 0 Å². The van der Waals surface area contributed by atoms with Gasteiger partial charge in [-0.1, -0.05) is 24.3 Å². The van der Waals surface area contributed by atoms with Gasteiger partial charge in [-0.2, -0.15) is 0 Å². The number of nitrogens with zero attached hydrogens (tertiary/aromatic N) is 1. The molecular formula is C18H20N2O3. The lowest BCUT2D eigenvalue weighted by Crippen LogP contribution is -2.27. The smallest absolute Gasteiger partial charge is 0.223 e. The van der Waals surface area contributed by atoms with Crippen molar-refractivity contribution < 1.29 is 14.3 Å². The maximum absolute atomic E-state index is 12.2. The summed E-state index contributed by atoms with van der Waals surface area (Å²) in [7, 11) is 1.57. The molecule has 0 spiro atoms. The first-order valence-electron chi connectivity index (χ1n) is 7.71. The van der Waals surface area contributed by atoms with Crippen LogP contribution in [0.1, 0.15) is 29.2 Å². The number of rotatable bonds is 5. The second-order valence-electron chi connectivity index (χ2n) is 5.50. The van der Waals surface area contributed by atoms with Gasteiger partial charge in [0.05, 0.1) is 26.2 Å². The minimum absolute atomic E-state index is 0.0255. The van der Waals surface area contributed by atoms with Gasteiger partial charge in [-0.25, -0.2) is 4.98 Å². The Bertz CT molecular complexity index is 687. The normalized spacial score (nSPS) is 16.5. The van der Waals surface area contributed by atoms with E-state index in [9.17, 15) is 4.79 Å². The number of hydrogen-bond donors (Lipinski definition) is 1. The standard InChI is InChI=1S/C18H20N2O3/c1-22-18-10-13(6-8-19-18)12-20-17(21)11-16-15-5-3-2-4-14(15)7-9-23-16/h2-6,8,10,16H,7,9,11-12H2,1H3,(H,20,21). The van der Waals surface area contributed by atoms with E-state index >= 15 is 0 Å². The average molecular weight is 312 g/mol. The third-order valence-corrected chi connectivity index (χ3v) is 3.96. The van der Waals surface area contributed by atoms with Gasteiger partial charge in [0, 0.05) is 18.8 Å². The van der Waals surface area contributed by atoms with Crippen molar-refractivity contribution in [3.8, 4) is 5.88 Å². The van der Waals surface area contributed by atoms with Crippen LogP contribution in [0.25, 0.3) is 0 Å². The van der Waals surface area contributed by atoms with E-state index in [1.807, 2.05) is 30.3 Å². The summed E-state index contributed by atoms with van der Waals surface area (Å²) < 4.78 is 10.9. The van der Waals surface area contributed by atoms with E-state index in [0.717, 1.165) is 17.5 Å². The fraction of sp³-hybridized carbons (Fsp3) is 0.333. The molecular weight excluding hydrogens is 292 g/mol. The highest BCUT2D eigenvalue weighted by Crippen LogP contribution is 2.29. The van der Waals surface area contributed by atoms with Gasteiger partial charge >= 0.3 is 0 Å². The zero-order valence-corrected chi connectivity index (χ0v) is 13.1. The first-order chi connectivity index (χ1) is 11.3. The third-order valence-electron chi connectivity index (χ3n) is 3.96. The summed E-state index contributed by atoms with van der Waals surface area (Å²) in [6, 6.07) is 11.8. The number of hydrogen-bond acceptors (Lipinski definition) is 4. The van der Waals surface area contributed by atoms with Crippen molar-refractivity contribution in [3.05, 3.63) is 59.3 Å². The molecule has 1 atom stereocenters. The fourth-order valence-corrected chi connectivity index (χ4v) is 2.76. The van der Waals surface area contributed by atoms with Gasteiger partial charge in [0.2, 0.25) is 11.8 Å². The molecule has 1 aromatic heterocycles. The molecule has 1 unspecified atom stereocenters. The lowest BCUT2D eigenvalue weighted by Gasteiger charge is -2.25. The molecule has 0 saturated heterocycles. The van der Waals surface area contributed by atoms with Gasteiger partial charge in [0.1, 0.15) is 0 Å². The van der Waals surface area contributed by atoms with Gasteiger partial charge in [0.25, 0.3) is 0 Å². The lowest BCUT2D eigenvalue weighted by atomic mass is 9.95. The van der Waals surface area contributed by atoms with Crippen LogP contribution >= 0.6 is 0 Å². The van der Waals surface area contributed by atoms with Crippen molar-refractivity contribution in [1.82, 2.24) is 10.3 Å².